The second-order valence-electron chi connectivity index (χ2n) is 6.28. The lowest BCUT2D eigenvalue weighted by Gasteiger charge is -2.21. The van der Waals surface area contributed by atoms with Gasteiger partial charge in [-0.1, -0.05) is 6.92 Å². The molecule has 0 aromatic carbocycles. The lowest BCUT2D eigenvalue weighted by Crippen LogP contribution is -2.44. The normalized spacial score (nSPS) is 14.0. The number of hydrogen-bond acceptors (Lipinski definition) is 3. The Balaban J connectivity index is 2.39. The van der Waals surface area contributed by atoms with Gasteiger partial charge in [0.2, 0.25) is 0 Å². The molecule has 0 aliphatic heterocycles. The standard InChI is InChI=1S/C16H30N4S/c1-6-17-15(18-8-9-20-16(3,4)5)19-11-13(2)14-7-10-21-12-14/h7,10,12-13,20H,6,8-9,11H2,1-5H3,(H2,17,18,19). The number of nitrogens with one attached hydrogen (secondary N) is 3. The second kappa shape index (κ2) is 9.05. The Kier molecular flexibility index (Phi) is 7.75. The van der Waals surface area contributed by atoms with Crippen molar-refractivity contribution in [3.8, 4) is 0 Å². The Morgan fingerprint density at radius 3 is 2.62 bits per heavy atom. The molecule has 21 heavy (non-hydrogen) atoms. The van der Waals surface area contributed by atoms with Gasteiger partial charge in [-0.3, -0.25) is 4.99 Å². The summed E-state index contributed by atoms with van der Waals surface area (Å²) in [6.07, 6.45) is 0. The van der Waals surface area contributed by atoms with E-state index in [1.54, 1.807) is 11.3 Å². The van der Waals surface area contributed by atoms with Gasteiger partial charge in [0, 0.05) is 37.6 Å². The van der Waals surface area contributed by atoms with Crippen LogP contribution >= 0.6 is 11.3 Å². The molecule has 1 rings (SSSR count). The predicted octanol–water partition coefficient (Wildman–Crippen LogP) is 2.79. The van der Waals surface area contributed by atoms with E-state index in [9.17, 15) is 0 Å². The first kappa shape index (κ1) is 18.0. The van der Waals surface area contributed by atoms with E-state index < -0.39 is 0 Å². The molecule has 0 amide bonds. The summed E-state index contributed by atoms with van der Waals surface area (Å²) < 4.78 is 0. The minimum Gasteiger partial charge on any atom is -0.357 e. The van der Waals surface area contributed by atoms with Crippen molar-refractivity contribution < 1.29 is 0 Å². The molecule has 1 aromatic rings. The zero-order valence-electron chi connectivity index (χ0n) is 14.0. The molecular formula is C16H30N4S. The van der Waals surface area contributed by atoms with Crippen LogP contribution in [-0.2, 0) is 0 Å². The largest absolute Gasteiger partial charge is 0.357 e. The molecule has 0 aliphatic rings. The van der Waals surface area contributed by atoms with Crippen LogP contribution in [0, 0.1) is 0 Å². The molecule has 4 nitrogen and oxygen atoms in total. The Morgan fingerprint density at radius 2 is 2.05 bits per heavy atom. The van der Waals surface area contributed by atoms with Crippen molar-refractivity contribution in [3.63, 3.8) is 0 Å². The Morgan fingerprint density at radius 1 is 1.29 bits per heavy atom. The molecule has 0 spiro atoms. The molecule has 3 N–H and O–H groups in total. The van der Waals surface area contributed by atoms with Crippen molar-refractivity contribution in [1.82, 2.24) is 16.0 Å². The quantitative estimate of drug-likeness (QED) is 0.412. The maximum atomic E-state index is 4.67. The van der Waals surface area contributed by atoms with Crippen LogP contribution in [0.15, 0.2) is 21.8 Å². The van der Waals surface area contributed by atoms with Crippen molar-refractivity contribution in [3.05, 3.63) is 22.4 Å². The van der Waals surface area contributed by atoms with E-state index in [1.807, 2.05) is 0 Å². The SMILES string of the molecule is CCNC(=NCC(C)c1ccsc1)NCCNC(C)(C)C. The van der Waals surface area contributed by atoms with E-state index in [1.165, 1.54) is 5.56 Å². The van der Waals surface area contributed by atoms with E-state index in [2.05, 4.69) is 72.4 Å². The molecule has 0 fully saturated rings. The van der Waals surface area contributed by atoms with E-state index in [4.69, 9.17) is 0 Å². The smallest absolute Gasteiger partial charge is 0.191 e. The van der Waals surface area contributed by atoms with Crippen molar-refractivity contribution in [2.45, 2.75) is 46.1 Å². The van der Waals surface area contributed by atoms with Crippen molar-refractivity contribution in [1.29, 1.82) is 0 Å². The second-order valence-corrected chi connectivity index (χ2v) is 7.06. The third-order valence-electron chi connectivity index (χ3n) is 3.05. The van der Waals surface area contributed by atoms with Crippen LogP contribution in [0.2, 0.25) is 0 Å². The summed E-state index contributed by atoms with van der Waals surface area (Å²) in [5, 5.41) is 14.5. The topological polar surface area (TPSA) is 48.5 Å². The molecule has 1 aromatic heterocycles. The van der Waals surface area contributed by atoms with Gasteiger partial charge >= 0.3 is 0 Å². The number of thiophene rings is 1. The van der Waals surface area contributed by atoms with E-state index in [-0.39, 0.29) is 5.54 Å². The van der Waals surface area contributed by atoms with Crippen molar-refractivity contribution in [2.75, 3.05) is 26.2 Å². The average molecular weight is 311 g/mol. The molecule has 0 saturated heterocycles. The summed E-state index contributed by atoms with van der Waals surface area (Å²) in [4.78, 5) is 4.67. The number of hydrogen-bond donors (Lipinski definition) is 3. The van der Waals surface area contributed by atoms with Crippen molar-refractivity contribution in [2.24, 2.45) is 4.99 Å². The van der Waals surface area contributed by atoms with Gasteiger partial charge in [-0.25, -0.2) is 0 Å². The van der Waals surface area contributed by atoms with Crippen LogP contribution < -0.4 is 16.0 Å². The first-order valence-corrected chi connectivity index (χ1v) is 8.66. The fourth-order valence-electron chi connectivity index (χ4n) is 1.85. The third-order valence-corrected chi connectivity index (χ3v) is 3.75. The molecular weight excluding hydrogens is 280 g/mol. The van der Waals surface area contributed by atoms with Gasteiger partial charge in [0.05, 0.1) is 0 Å². The van der Waals surface area contributed by atoms with Crippen LogP contribution in [0.1, 0.15) is 46.1 Å². The lowest BCUT2D eigenvalue weighted by molar-refractivity contribution is 0.428. The number of nitrogens with zero attached hydrogens (tertiary/aromatic N) is 1. The van der Waals surface area contributed by atoms with Gasteiger partial charge in [-0.15, -0.1) is 0 Å². The zero-order chi connectivity index (χ0) is 15.7. The fraction of sp³-hybridized carbons (Fsp3) is 0.688. The molecule has 0 aliphatic carbocycles. The molecule has 120 valence electrons. The van der Waals surface area contributed by atoms with E-state index in [0.29, 0.717) is 5.92 Å². The maximum absolute atomic E-state index is 4.67. The minimum atomic E-state index is 0.157. The molecule has 1 heterocycles. The van der Waals surface area contributed by atoms with Crippen LogP contribution in [0.3, 0.4) is 0 Å². The van der Waals surface area contributed by atoms with Gasteiger partial charge < -0.3 is 16.0 Å². The van der Waals surface area contributed by atoms with E-state index in [0.717, 1.165) is 32.1 Å². The molecule has 5 heteroatoms. The molecule has 0 saturated carbocycles. The molecule has 1 unspecified atom stereocenters. The summed E-state index contributed by atoms with van der Waals surface area (Å²) in [5.74, 6) is 1.36. The highest BCUT2D eigenvalue weighted by Gasteiger charge is 2.08. The average Bonchev–Trinajstić information content (AvgIpc) is 2.93. The van der Waals surface area contributed by atoms with Gasteiger partial charge in [-0.05, 0) is 50.1 Å². The van der Waals surface area contributed by atoms with Gasteiger partial charge in [0.1, 0.15) is 0 Å². The Hall–Kier alpha value is -1.07. The van der Waals surface area contributed by atoms with Crippen molar-refractivity contribution >= 4 is 17.3 Å². The van der Waals surface area contributed by atoms with Crippen LogP contribution in [-0.4, -0.2) is 37.7 Å². The summed E-state index contributed by atoms with van der Waals surface area (Å²) in [7, 11) is 0. The maximum Gasteiger partial charge on any atom is 0.191 e. The molecule has 0 bridgehead atoms. The summed E-state index contributed by atoms with van der Waals surface area (Å²) in [6.45, 7) is 14.3. The highest BCUT2D eigenvalue weighted by molar-refractivity contribution is 7.07. The third kappa shape index (κ3) is 8.07. The number of guanidine groups is 1. The highest BCUT2D eigenvalue weighted by Crippen LogP contribution is 2.18. The fourth-order valence-corrected chi connectivity index (χ4v) is 2.63. The predicted molar refractivity (Wildman–Crippen MR) is 94.5 cm³/mol. The molecule has 0 radical (unpaired) electrons. The Bertz CT molecular complexity index is 406. The monoisotopic (exact) mass is 310 g/mol. The first-order valence-electron chi connectivity index (χ1n) is 7.71. The van der Waals surface area contributed by atoms with Gasteiger partial charge in [-0.2, -0.15) is 11.3 Å². The highest BCUT2D eigenvalue weighted by atomic mass is 32.1. The lowest BCUT2D eigenvalue weighted by atomic mass is 10.1. The first-order chi connectivity index (χ1) is 9.92. The summed E-state index contributed by atoms with van der Waals surface area (Å²) in [5.41, 5.74) is 1.53. The zero-order valence-corrected chi connectivity index (χ0v) is 14.8. The van der Waals surface area contributed by atoms with Crippen LogP contribution in [0.25, 0.3) is 0 Å². The minimum absolute atomic E-state index is 0.157. The number of rotatable bonds is 7. The van der Waals surface area contributed by atoms with Gasteiger partial charge in [0.15, 0.2) is 5.96 Å². The van der Waals surface area contributed by atoms with Crippen LogP contribution in [0.4, 0.5) is 0 Å². The summed E-state index contributed by atoms with van der Waals surface area (Å²) >= 11 is 1.74. The summed E-state index contributed by atoms with van der Waals surface area (Å²) in [6, 6.07) is 2.18. The van der Waals surface area contributed by atoms with E-state index >= 15 is 0 Å². The number of aliphatic imine (C=N–C) groups is 1. The Labute approximate surface area is 133 Å². The van der Waals surface area contributed by atoms with Crippen LogP contribution in [0.5, 0.6) is 0 Å². The molecule has 1 atom stereocenters. The van der Waals surface area contributed by atoms with Gasteiger partial charge in [0.25, 0.3) is 0 Å².